The first kappa shape index (κ1) is 11.2. The van der Waals surface area contributed by atoms with Crippen LogP contribution in [0, 0.1) is 0 Å². The fraction of sp³-hybridized carbons (Fsp3) is 0.600. The molecule has 2 unspecified atom stereocenters. The van der Waals surface area contributed by atoms with Crippen molar-refractivity contribution in [2.45, 2.75) is 37.8 Å². The van der Waals surface area contributed by atoms with Crippen LogP contribution < -0.4 is 5.32 Å². The lowest BCUT2D eigenvalue weighted by atomic mass is 10.0. The molecule has 0 saturated carbocycles. The van der Waals surface area contributed by atoms with Crippen molar-refractivity contribution in [3.63, 3.8) is 0 Å². The van der Waals surface area contributed by atoms with Crippen LogP contribution in [0.2, 0.25) is 0 Å². The van der Waals surface area contributed by atoms with E-state index in [0.29, 0.717) is 6.04 Å². The summed E-state index contributed by atoms with van der Waals surface area (Å²) in [6.45, 7) is 3.66. The highest BCUT2D eigenvalue weighted by molar-refractivity contribution is 5.20. The molecule has 0 spiro atoms. The zero-order valence-electron chi connectivity index (χ0n) is 10.4. The molecule has 2 fully saturated rings. The molecule has 0 aliphatic carbocycles. The summed E-state index contributed by atoms with van der Waals surface area (Å²) in [7, 11) is 0. The Morgan fingerprint density at radius 1 is 1.06 bits per heavy atom. The molecule has 1 aromatic rings. The average Bonchev–Trinajstić information content (AvgIpc) is 2.64. The van der Waals surface area contributed by atoms with Gasteiger partial charge in [-0.3, -0.25) is 4.90 Å². The van der Waals surface area contributed by atoms with Crippen LogP contribution in [0.15, 0.2) is 30.3 Å². The molecule has 2 atom stereocenters. The normalized spacial score (nSPS) is 30.6. The van der Waals surface area contributed by atoms with Gasteiger partial charge in [-0.1, -0.05) is 43.2 Å². The van der Waals surface area contributed by atoms with Gasteiger partial charge in [0.1, 0.15) is 0 Å². The van der Waals surface area contributed by atoms with E-state index in [1.807, 2.05) is 0 Å². The zero-order chi connectivity index (χ0) is 11.5. The third-order valence-electron chi connectivity index (χ3n) is 4.22. The first-order valence-corrected chi connectivity index (χ1v) is 6.96. The molecule has 0 bridgehead atoms. The quantitative estimate of drug-likeness (QED) is 0.797. The summed E-state index contributed by atoms with van der Waals surface area (Å²) in [6.07, 6.45) is 5.61. The Labute approximate surface area is 104 Å². The minimum Gasteiger partial charge on any atom is -0.307 e. The van der Waals surface area contributed by atoms with Gasteiger partial charge in [0.15, 0.2) is 0 Å². The molecule has 92 valence electrons. The van der Waals surface area contributed by atoms with E-state index < -0.39 is 0 Å². The fourth-order valence-electron chi connectivity index (χ4n) is 3.19. The molecule has 1 aromatic carbocycles. The molecule has 0 aromatic heterocycles. The molecule has 17 heavy (non-hydrogen) atoms. The van der Waals surface area contributed by atoms with Crippen LogP contribution in [0.3, 0.4) is 0 Å². The van der Waals surface area contributed by atoms with Crippen molar-refractivity contribution in [3.8, 4) is 0 Å². The van der Waals surface area contributed by atoms with E-state index in [4.69, 9.17) is 0 Å². The Balaban J connectivity index is 1.70. The van der Waals surface area contributed by atoms with Gasteiger partial charge in [-0.25, -0.2) is 0 Å². The van der Waals surface area contributed by atoms with Crippen LogP contribution in [-0.4, -0.2) is 30.6 Å². The summed E-state index contributed by atoms with van der Waals surface area (Å²) in [6, 6.07) is 12.2. The Morgan fingerprint density at radius 3 is 2.82 bits per heavy atom. The van der Waals surface area contributed by atoms with Crippen molar-refractivity contribution in [2.24, 2.45) is 0 Å². The lowest BCUT2D eigenvalue weighted by Crippen LogP contribution is -2.52. The van der Waals surface area contributed by atoms with E-state index in [0.717, 1.165) is 6.04 Å². The third kappa shape index (κ3) is 2.53. The van der Waals surface area contributed by atoms with Gasteiger partial charge in [-0.2, -0.15) is 0 Å². The molecule has 2 nitrogen and oxygen atoms in total. The molecule has 2 heteroatoms. The maximum absolute atomic E-state index is 3.72. The van der Waals surface area contributed by atoms with E-state index >= 15 is 0 Å². The fourth-order valence-corrected chi connectivity index (χ4v) is 3.19. The Bertz CT molecular complexity index is 349. The minimum absolute atomic E-state index is 0.533. The molecular weight excluding hydrogens is 208 g/mol. The van der Waals surface area contributed by atoms with E-state index in [9.17, 15) is 0 Å². The minimum atomic E-state index is 0.533. The molecule has 2 aliphatic heterocycles. The number of hydrogen-bond donors (Lipinski definition) is 1. The summed E-state index contributed by atoms with van der Waals surface area (Å²) in [5, 5.41) is 3.72. The number of hydrogen-bond acceptors (Lipinski definition) is 2. The number of piperazine rings is 1. The van der Waals surface area contributed by atoms with Crippen molar-refractivity contribution < 1.29 is 0 Å². The maximum Gasteiger partial charge on any atom is 0.0449 e. The molecular formula is C15H22N2. The monoisotopic (exact) mass is 230 g/mol. The number of rotatable bonds is 1. The number of fused-ring (bicyclic) bond motifs is 1. The summed E-state index contributed by atoms with van der Waals surface area (Å²) < 4.78 is 0. The van der Waals surface area contributed by atoms with Crippen LogP contribution >= 0.6 is 0 Å². The molecule has 3 rings (SSSR count). The molecule has 2 saturated heterocycles. The van der Waals surface area contributed by atoms with Crippen molar-refractivity contribution >= 4 is 0 Å². The van der Waals surface area contributed by atoms with Crippen LogP contribution in [0.5, 0.6) is 0 Å². The maximum atomic E-state index is 3.72. The Morgan fingerprint density at radius 2 is 1.94 bits per heavy atom. The van der Waals surface area contributed by atoms with Gasteiger partial charge >= 0.3 is 0 Å². The Kier molecular flexibility index (Phi) is 3.44. The SMILES string of the molecule is c1ccc(C2CN3CCCCCC3CN2)cc1. The lowest BCUT2D eigenvalue weighted by molar-refractivity contribution is 0.133. The predicted octanol–water partition coefficient (Wildman–Crippen LogP) is 2.58. The summed E-state index contributed by atoms with van der Waals surface area (Å²) in [4.78, 5) is 2.71. The zero-order valence-corrected chi connectivity index (χ0v) is 10.4. The third-order valence-corrected chi connectivity index (χ3v) is 4.22. The first-order chi connectivity index (χ1) is 8.43. The standard InChI is InChI=1S/C15H22N2/c1-3-7-13(8-4-1)15-12-17-10-6-2-5-9-14(17)11-16-15/h1,3-4,7-8,14-16H,2,5-6,9-12H2. The summed E-state index contributed by atoms with van der Waals surface area (Å²) in [5.41, 5.74) is 1.44. The van der Waals surface area contributed by atoms with Crippen LogP contribution in [0.25, 0.3) is 0 Å². The number of benzene rings is 1. The number of nitrogens with zero attached hydrogens (tertiary/aromatic N) is 1. The van der Waals surface area contributed by atoms with Gasteiger partial charge in [0, 0.05) is 25.2 Å². The van der Waals surface area contributed by atoms with E-state index in [2.05, 4.69) is 40.5 Å². The van der Waals surface area contributed by atoms with Gasteiger partial charge in [0.05, 0.1) is 0 Å². The Hall–Kier alpha value is -0.860. The average molecular weight is 230 g/mol. The van der Waals surface area contributed by atoms with Crippen molar-refractivity contribution in [1.82, 2.24) is 10.2 Å². The predicted molar refractivity (Wildman–Crippen MR) is 71.0 cm³/mol. The summed E-state index contributed by atoms with van der Waals surface area (Å²) >= 11 is 0. The van der Waals surface area contributed by atoms with E-state index in [1.54, 1.807) is 0 Å². The van der Waals surface area contributed by atoms with Gasteiger partial charge < -0.3 is 5.32 Å². The highest BCUT2D eigenvalue weighted by Gasteiger charge is 2.28. The topological polar surface area (TPSA) is 15.3 Å². The lowest BCUT2D eigenvalue weighted by Gasteiger charge is -2.39. The van der Waals surface area contributed by atoms with Crippen LogP contribution in [-0.2, 0) is 0 Å². The van der Waals surface area contributed by atoms with Gasteiger partial charge in [-0.15, -0.1) is 0 Å². The van der Waals surface area contributed by atoms with Crippen molar-refractivity contribution in [1.29, 1.82) is 0 Å². The second-order valence-corrected chi connectivity index (χ2v) is 5.37. The van der Waals surface area contributed by atoms with E-state index in [-0.39, 0.29) is 0 Å². The smallest absolute Gasteiger partial charge is 0.0449 e. The number of nitrogens with one attached hydrogen (secondary N) is 1. The second kappa shape index (κ2) is 5.19. The van der Waals surface area contributed by atoms with Gasteiger partial charge in [0.25, 0.3) is 0 Å². The molecule has 1 N–H and O–H groups in total. The van der Waals surface area contributed by atoms with E-state index in [1.165, 1.54) is 50.9 Å². The highest BCUT2D eigenvalue weighted by Crippen LogP contribution is 2.24. The molecule has 0 radical (unpaired) electrons. The molecule has 0 amide bonds. The molecule has 2 heterocycles. The van der Waals surface area contributed by atoms with Crippen LogP contribution in [0.4, 0.5) is 0 Å². The van der Waals surface area contributed by atoms with Gasteiger partial charge in [-0.05, 0) is 24.9 Å². The van der Waals surface area contributed by atoms with Gasteiger partial charge in [0.2, 0.25) is 0 Å². The summed E-state index contributed by atoms with van der Waals surface area (Å²) in [5.74, 6) is 0. The first-order valence-electron chi connectivity index (χ1n) is 6.96. The van der Waals surface area contributed by atoms with Crippen molar-refractivity contribution in [2.75, 3.05) is 19.6 Å². The molecule has 2 aliphatic rings. The van der Waals surface area contributed by atoms with Crippen molar-refractivity contribution in [3.05, 3.63) is 35.9 Å². The highest BCUT2D eigenvalue weighted by atomic mass is 15.2. The largest absolute Gasteiger partial charge is 0.307 e. The van der Waals surface area contributed by atoms with Crippen LogP contribution in [0.1, 0.15) is 37.3 Å². The second-order valence-electron chi connectivity index (χ2n) is 5.37.